The summed E-state index contributed by atoms with van der Waals surface area (Å²) in [6.45, 7) is 7.49. The van der Waals surface area contributed by atoms with Crippen LogP contribution in [-0.4, -0.2) is 57.7 Å². The molecule has 1 atom stereocenters. The van der Waals surface area contributed by atoms with Gasteiger partial charge in [0, 0.05) is 31.7 Å². The molecular weight excluding hydrogens is 336 g/mol. The van der Waals surface area contributed by atoms with E-state index < -0.39 is 0 Å². The van der Waals surface area contributed by atoms with Crippen molar-refractivity contribution in [3.05, 3.63) is 53.3 Å². The monoisotopic (exact) mass is 366 g/mol. The second-order valence-electron chi connectivity index (χ2n) is 8.20. The number of carbonyl (C=O) groups excluding carboxylic acids is 1. The summed E-state index contributed by atoms with van der Waals surface area (Å²) in [7, 11) is 2.26. The fraction of sp³-hybridized carbons (Fsp3) is 0.545. The molecule has 2 aromatic rings. The predicted octanol–water partition coefficient (Wildman–Crippen LogP) is 3.31. The van der Waals surface area contributed by atoms with Crippen molar-refractivity contribution in [1.82, 2.24) is 19.6 Å². The Morgan fingerprint density at radius 3 is 2.59 bits per heavy atom. The zero-order valence-corrected chi connectivity index (χ0v) is 16.7. The highest BCUT2D eigenvalue weighted by Gasteiger charge is 2.46. The molecule has 2 aliphatic rings. The minimum absolute atomic E-state index is 0.132. The number of hydrogen-bond donors (Lipinski definition) is 0. The second-order valence-corrected chi connectivity index (χ2v) is 8.20. The number of aryl methyl sites for hydroxylation is 2. The van der Waals surface area contributed by atoms with E-state index in [9.17, 15) is 4.79 Å². The van der Waals surface area contributed by atoms with E-state index in [0.717, 1.165) is 50.4 Å². The Bertz CT molecular complexity index is 805. The Morgan fingerprint density at radius 2 is 1.93 bits per heavy atom. The first-order chi connectivity index (χ1) is 13.0. The summed E-state index contributed by atoms with van der Waals surface area (Å²) in [6, 6.07) is 12.8. The van der Waals surface area contributed by atoms with Crippen LogP contribution in [0.5, 0.6) is 0 Å². The van der Waals surface area contributed by atoms with Gasteiger partial charge in [0.25, 0.3) is 5.91 Å². The lowest BCUT2D eigenvalue weighted by atomic mass is 9.81. The average molecular weight is 367 g/mol. The van der Waals surface area contributed by atoms with E-state index >= 15 is 0 Å². The third-order valence-electron chi connectivity index (χ3n) is 6.60. The summed E-state index contributed by atoms with van der Waals surface area (Å²) < 4.78 is 1.83. The number of benzene rings is 1. The Kier molecular flexibility index (Phi) is 4.81. The zero-order chi connectivity index (χ0) is 19.0. The van der Waals surface area contributed by atoms with Gasteiger partial charge in [0.05, 0.1) is 5.69 Å². The van der Waals surface area contributed by atoms with Crippen molar-refractivity contribution in [2.45, 2.75) is 51.1 Å². The maximum Gasteiger partial charge on any atom is 0.272 e. The molecule has 0 unspecified atom stereocenters. The fourth-order valence-electron chi connectivity index (χ4n) is 4.98. The van der Waals surface area contributed by atoms with Gasteiger partial charge in [0.2, 0.25) is 0 Å². The van der Waals surface area contributed by atoms with E-state index in [4.69, 9.17) is 0 Å². The van der Waals surface area contributed by atoms with E-state index in [1.165, 1.54) is 12.0 Å². The lowest BCUT2D eigenvalue weighted by Gasteiger charge is -2.43. The molecule has 3 heterocycles. The number of hydrogen-bond acceptors (Lipinski definition) is 3. The normalized spacial score (nSPS) is 22.5. The maximum absolute atomic E-state index is 13.0. The maximum atomic E-state index is 13.0. The van der Waals surface area contributed by atoms with Crippen LogP contribution in [0.15, 0.2) is 36.4 Å². The molecule has 0 aliphatic carbocycles. The van der Waals surface area contributed by atoms with Crippen molar-refractivity contribution < 1.29 is 4.79 Å². The molecule has 27 heavy (non-hydrogen) atoms. The van der Waals surface area contributed by atoms with Crippen molar-refractivity contribution in [2.75, 3.05) is 26.7 Å². The highest BCUT2D eigenvalue weighted by atomic mass is 16.2. The van der Waals surface area contributed by atoms with Crippen LogP contribution in [0.25, 0.3) is 0 Å². The first kappa shape index (κ1) is 18.2. The fourth-order valence-corrected chi connectivity index (χ4v) is 4.98. The minimum atomic E-state index is 0.132. The molecular formula is C22H30N4O. The Hall–Kier alpha value is -2.14. The van der Waals surface area contributed by atoms with Gasteiger partial charge >= 0.3 is 0 Å². The van der Waals surface area contributed by atoms with Crippen LogP contribution >= 0.6 is 0 Å². The van der Waals surface area contributed by atoms with Crippen molar-refractivity contribution in [3.63, 3.8) is 0 Å². The van der Waals surface area contributed by atoms with Crippen LogP contribution in [0.4, 0.5) is 0 Å². The van der Waals surface area contributed by atoms with Crippen LogP contribution < -0.4 is 0 Å². The van der Waals surface area contributed by atoms with E-state index in [2.05, 4.69) is 47.4 Å². The van der Waals surface area contributed by atoms with Gasteiger partial charge in [-0.3, -0.25) is 14.4 Å². The van der Waals surface area contributed by atoms with Crippen LogP contribution in [-0.2, 0) is 6.54 Å². The molecule has 1 aromatic heterocycles. The molecule has 144 valence electrons. The lowest BCUT2D eigenvalue weighted by molar-refractivity contribution is 0.0482. The number of piperidine rings is 1. The first-order valence-electron chi connectivity index (χ1n) is 10.1. The lowest BCUT2D eigenvalue weighted by Crippen LogP contribution is -2.52. The topological polar surface area (TPSA) is 41.4 Å². The molecule has 1 aromatic carbocycles. The van der Waals surface area contributed by atoms with Gasteiger partial charge < -0.3 is 4.90 Å². The Balaban J connectivity index is 1.44. The molecule has 2 aliphatic heterocycles. The molecule has 4 rings (SSSR count). The zero-order valence-electron chi connectivity index (χ0n) is 16.7. The molecule has 0 bridgehead atoms. The van der Waals surface area contributed by atoms with Gasteiger partial charge in [0.1, 0.15) is 5.69 Å². The van der Waals surface area contributed by atoms with Gasteiger partial charge in [-0.25, -0.2) is 0 Å². The van der Waals surface area contributed by atoms with Crippen LogP contribution in [0.3, 0.4) is 0 Å². The highest BCUT2D eigenvalue weighted by Crippen LogP contribution is 2.44. The molecule has 2 fully saturated rings. The molecule has 0 radical (unpaired) electrons. The molecule has 5 nitrogen and oxygen atoms in total. The summed E-state index contributed by atoms with van der Waals surface area (Å²) in [5, 5.41) is 4.43. The van der Waals surface area contributed by atoms with Crippen LogP contribution in [0.2, 0.25) is 0 Å². The summed E-state index contributed by atoms with van der Waals surface area (Å²) in [4.78, 5) is 17.6. The third kappa shape index (κ3) is 3.29. The van der Waals surface area contributed by atoms with Crippen molar-refractivity contribution >= 4 is 5.91 Å². The summed E-state index contributed by atoms with van der Waals surface area (Å²) >= 11 is 0. The number of carbonyl (C=O) groups is 1. The van der Waals surface area contributed by atoms with E-state index in [-0.39, 0.29) is 11.4 Å². The summed E-state index contributed by atoms with van der Waals surface area (Å²) in [5.74, 6) is 0.732. The molecule has 0 N–H and O–H groups in total. The first-order valence-corrected chi connectivity index (χ1v) is 10.1. The SMILES string of the molecule is CCn1nc(C)cc1C(=O)N1CCC2(CC1)C[C@@H](c1ccccc1)CN2C. The van der Waals surface area contributed by atoms with Crippen LogP contribution in [0.1, 0.15) is 53.8 Å². The van der Waals surface area contributed by atoms with Gasteiger partial charge in [-0.2, -0.15) is 5.10 Å². The van der Waals surface area contributed by atoms with Crippen LogP contribution in [0, 0.1) is 6.92 Å². The number of nitrogens with zero attached hydrogens (tertiary/aromatic N) is 4. The van der Waals surface area contributed by atoms with E-state index in [1.54, 1.807) is 0 Å². The third-order valence-corrected chi connectivity index (χ3v) is 6.60. The molecule has 2 saturated heterocycles. The van der Waals surface area contributed by atoms with Crippen molar-refractivity contribution in [3.8, 4) is 0 Å². The molecule has 0 saturated carbocycles. The Morgan fingerprint density at radius 1 is 1.22 bits per heavy atom. The molecule has 5 heteroatoms. The van der Waals surface area contributed by atoms with Gasteiger partial charge in [0.15, 0.2) is 0 Å². The van der Waals surface area contributed by atoms with Gasteiger partial charge in [-0.15, -0.1) is 0 Å². The summed E-state index contributed by atoms with van der Waals surface area (Å²) in [5.41, 5.74) is 3.32. The quantitative estimate of drug-likeness (QED) is 0.837. The number of rotatable bonds is 3. The molecule has 1 spiro atoms. The standard InChI is InChI=1S/C22H30N4O/c1-4-26-20(14-17(2)23-26)21(27)25-12-10-22(11-13-25)15-19(16-24(22)3)18-8-6-5-7-9-18/h5-9,14,19H,4,10-13,15-16H2,1-3H3/t19-/m1/s1. The number of amides is 1. The average Bonchev–Trinajstić information content (AvgIpc) is 3.23. The minimum Gasteiger partial charge on any atom is -0.337 e. The Labute approximate surface area is 162 Å². The largest absolute Gasteiger partial charge is 0.337 e. The predicted molar refractivity (Wildman–Crippen MR) is 107 cm³/mol. The van der Waals surface area contributed by atoms with E-state index in [0.29, 0.717) is 5.92 Å². The smallest absolute Gasteiger partial charge is 0.272 e. The van der Waals surface area contributed by atoms with Crippen molar-refractivity contribution in [2.24, 2.45) is 0 Å². The molecule has 1 amide bonds. The highest BCUT2D eigenvalue weighted by molar-refractivity contribution is 5.92. The van der Waals surface area contributed by atoms with Crippen molar-refractivity contribution in [1.29, 1.82) is 0 Å². The number of likely N-dealkylation sites (tertiary alicyclic amines) is 2. The van der Waals surface area contributed by atoms with Gasteiger partial charge in [-0.1, -0.05) is 30.3 Å². The number of aromatic nitrogens is 2. The van der Waals surface area contributed by atoms with E-state index in [1.807, 2.05) is 29.5 Å². The summed E-state index contributed by atoms with van der Waals surface area (Å²) in [6.07, 6.45) is 3.30. The second kappa shape index (κ2) is 7.12. The number of likely N-dealkylation sites (N-methyl/N-ethyl adjacent to an activating group) is 1. The van der Waals surface area contributed by atoms with Gasteiger partial charge in [-0.05, 0) is 57.7 Å².